The minimum absolute atomic E-state index is 0.0348. The normalized spacial score (nSPS) is 17.0. The van der Waals surface area contributed by atoms with E-state index < -0.39 is 12.1 Å². The van der Waals surface area contributed by atoms with Crippen molar-refractivity contribution >= 4 is 5.91 Å². The first-order valence-corrected chi connectivity index (χ1v) is 11.2. The molecule has 2 aromatic carbocycles. The van der Waals surface area contributed by atoms with Gasteiger partial charge in [0.05, 0.1) is 5.92 Å². The van der Waals surface area contributed by atoms with Gasteiger partial charge in [0.15, 0.2) is 0 Å². The van der Waals surface area contributed by atoms with Crippen LogP contribution in [-0.4, -0.2) is 50.3 Å². The number of halogens is 3. The van der Waals surface area contributed by atoms with E-state index in [-0.39, 0.29) is 25.4 Å². The van der Waals surface area contributed by atoms with Gasteiger partial charge < -0.3 is 5.32 Å². The summed E-state index contributed by atoms with van der Waals surface area (Å²) < 4.78 is 39.1. The minimum Gasteiger partial charge on any atom is -0.350 e. The predicted octanol–water partition coefficient (Wildman–Crippen LogP) is 3.74. The van der Waals surface area contributed by atoms with Gasteiger partial charge in [0, 0.05) is 25.2 Å². The summed E-state index contributed by atoms with van der Waals surface area (Å²) in [5.41, 5.74) is 3.81. The molecule has 34 heavy (non-hydrogen) atoms. The van der Waals surface area contributed by atoms with Gasteiger partial charge in [-0.05, 0) is 42.7 Å². The second-order valence-electron chi connectivity index (χ2n) is 8.72. The zero-order chi connectivity index (χ0) is 24.1. The van der Waals surface area contributed by atoms with E-state index in [0.717, 1.165) is 22.3 Å². The van der Waals surface area contributed by atoms with Crippen LogP contribution in [0.5, 0.6) is 0 Å². The highest BCUT2D eigenvalue weighted by Gasteiger charge is 2.41. The maximum atomic E-state index is 13.0. The number of alkyl halides is 3. The van der Waals surface area contributed by atoms with E-state index in [4.69, 9.17) is 0 Å². The lowest BCUT2D eigenvalue weighted by Gasteiger charge is -2.33. The third-order valence-electron chi connectivity index (χ3n) is 5.93. The van der Waals surface area contributed by atoms with E-state index in [1.807, 2.05) is 60.4 Å². The number of carbonyl (C=O) groups is 1. The van der Waals surface area contributed by atoms with E-state index in [2.05, 4.69) is 20.7 Å². The van der Waals surface area contributed by atoms with Crippen LogP contribution in [0.15, 0.2) is 48.5 Å². The topological polar surface area (TPSA) is 75.9 Å². The molecule has 0 aliphatic carbocycles. The number of nitrogens with zero attached hydrogens (tertiary/aromatic N) is 5. The predicted molar refractivity (Wildman–Crippen MR) is 120 cm³/mol. The lowest BCUT2D eigenvalue weighted by Crippen LogP contribution is -2.41. The summed E-state index contributed by atoms with van der Waals surface area (Å²) in [5.74, 6) is -1.10. The molecule has 1 N–H and O–H groups in total. The highest BCUT2D eigenvalue weighted by Crippen LogP contribution is 2.33. The Morgan fingerprint density at radius 2 is 1.79 bits per heavy atom. The Bertz CT molecular complexity index is 1100. The molecule has 0 saturated carbocycles. The van der Waals surface area contributed by atoms with E-state index >= 15 is 0 Å². The number of aryl methyl sites for hydroxylation is 1. The Hall–Kier alpha value is -3.27. The van der Waals surface area contributed by atoms with Crippen LogP contribution in [0.2, 0.25) is 0 Å². The lowest BCUT2D eigenvalue weighted by molar-refractivity contribution is -0.187. The second-order valence-corrected chi connectivity index (χ2v) is 8.72. The molecule has 1 saturated heterocycles. The van der Waals surface area contributed by atoms with Gasteiger partial charge in [0.2, 0.25) is 11.7 Å². The molecule has 0 spiro atoms. The Labute approximate surface area is 196 Å². The number of nitrogens with one attached hydrogen (secondary N) is 1. The van der Waals surface area contributed by atoms with Gasteiger partial charge in [0.1, 0.15) is 6.54 Å². The Kier molecular flexibility index (Phi) is 7.26. The van der Waals surface area contributed by atoms with Gasteiger partial charge in [-0.15, -0.1) is 10.2 Å². The molecule has 0 radical (unpaired) electrons. The van der Waals surface area contributed by atoms with Gasteiger partial charge >= 0.3 is 6.18 Å². The number of tetrazole rings is 1. The summed E-state index contributed by atoms with van der Waals surface area (Å²) in [6, 6.07) is 15.3. The second kappa shape index (κ2) is 10.3. The molecule has 4 rings (SSSR count). The lowest BCUT2D eigenvalue weighted by atomic mass is 9.97. The molecule has 1 atom stereocenters. The number of carbonyl (C=O) groups excluding carboxylic acids is 1. The summed E-state index contributed by atoms with van der Waals surface area (Å²) in [4.78, 5) is 15.3. The van der Waals surface area contributed by atoms with E-state index in [1.54, 1.807) is 0 Å². The molecular weight excluding hydrogens is 445 g/mol. The number of amides is 1. The average molecular weight is 473 g/mol. The van der Waals surface area contributed by atoms with Crippen molar-refractivity contribution in [2.45, 2.75) is 45.6 Å². The van der Waals surface area contributed by atoms with Gasteiger partial charge in [0.25, 0.3) is 0 Å². The molecule has 180 valence electrons. The van der Waals surface area contributed by atoms with Crippen molar-refractivity contribution < 1.29 is 18.0 Å². The molecule has 0 bridgehead atoms. The van der Waals surface area contributed by atoms with E-state index in [0.29, 0.717) is 31.9 Å². The van der Waals surface area contributed by atoms with Gasteiger partial charge in [-0.25, -0.2) is 0 Å². The summed E-state index contributed by atoms with van der Waals surface area (Å²) in [6.07, 6.45) is -3.39. The first kappa shape index (κ1) is 23.9. The molecule has 10 heteroatoms. The maximum Gasteiger partial charge on any atom is 0.393 e. The third-order valence-corrected chi connectivity index (χ3v) is 5.93. The monoisotopic (exact) mass is 472 g/mol. The minimum atomic E-state index is -4.14. The summed E-state index contributed by atoms with van der Waals surface area (Å²) in [6.45, 7) is 3.54. The van der Waals surface area contributed by atoms with Crippen LogP contribution in [0, 0.1) is 12.8 Å². The van der Waals surface area contributed by atoms with Crippen LogP contribution < -0.4 is 5.32 Å². The molecule has 1 aromatic heterocycles. The smallest absolute Gasteiger partial charge is 0.350 e. The fourth-order valence-corrected chi connectivity index (χ4v) is 4.00. The molecule has 3 aromatic rings. The number of hydrogen-bond acceptors (Lipinski definition) is 5. The van der Waals surface area contributed by atoms with Crippen LogP contribution in [-0.2, 0) is 24.4 Å². The number of rotatable bonds is 7. The van der Waals surface area contributed by atoms with Crippen molar-refractivity contribution in [1.82, 2.24) is 30.4 Å². The first-order chi connectivity index (χ1) is 16.3. The van der Waals surface area contributed by atoms with Crippen molar-refractivity contribution in [3.05, 3.63) is 65.2 Å². The Morgan fingerprint density at radius 1 is 1.09 bits per heavy atom. The van der Waals surface area contributed by atoms with Crippen LogP contribution >= 0.6 is 0 Å². The number of aromatic nitrogens is 4. The molecule has 1 aliphatic rings. The van der Waals surface area contributed by atoms with Crippen molar-refractivity contribution in [2.75, 3.05) is 13.1 Å². The fraction of sp³-hybridized carbons (Fsp3) is 0.417. The first-order valence-electron chi connectivity index (χ1n) is 11.2. The van der Waals surface area contributed by atoms with Gasteiger partial charge in [-0.3, -0.25) is 9.69 Å². The van der Waals surface area contributed by atoms with Crippen molar-refractivity contribution in [3.63, 3.8) is 0 Å². The molecule has 7 nitrogen and oxygen atoms in total. The summed E-state index contributed by atoms with van der Waals surface area (Å²) >= 11 is 0. The SMILES string of the molecule is Cc1ccc(CNC(=O)Cn2nnc(-c3ccc(CN4CCCC(C(F)(F)F)C4)cc3)n2)cc1. The Balaban J connectivity index is 1.29. The average Bonchev–Trinajstić information content (AvgIpc) is 3.27. The standard InChI is InChI=1S/C24H27F3N6O/c1-17-4-6-18(7-5-17)13-28-22(34)16-33-30-23(29-31-33)20-10-8-19(9-11-20)14-32-12-2-3-21(15-32)24(25,26)27/h4-11,21H,2-3,12-16H2,1H3,(H,28,34). The molecule has 2 heterocycles. The van der Waals surface area contributed by atoms with Crippen molar-refractivity contribution in [1.29, 1.82) is 0 Å². The Morgan fingerprint density at radius 3 is 2.50 bits per heavy atom. The number of benzene rings is 2. The van der Waals surface area contributed by atoms with Crippen LogP contribution in [0.4, 0.5) is 13.2 Å². The van der Waals surface area contributed by atoms with E-state index in [9.17, 15) is 18.0 Å². The van der Waals surface area contributed by atoms with Gasteiger partial charge in [-0.2, -0.15) is 18.0 Å². The van der Waals surface area contributed by atoms with Crippen LogP contribution in [0.25, 0.3) is 11.4 Å². The molecular formula is C24H27F3N6O. The summed E-state index contributed by atoms with van der Waals surface area (Å²) in [5, 5.41) is 15.1. The fourth-order valence-electron chi connectivity index (χ4n) is 4.00. The van der Waals surface area contributed by atoms with Crippen molar-refractivity contribution in [2.24, 2.45) is 5.92 Å². The molecule has 1 aliphatic heterocycles. The highest BCUT2D eigenvalue weighted by molar-refractivity contribution is 5.75. The van der Waals surface area contributed by atoms with Crippen LogP contribution in [0.3, 0.4) is 0 Å². The van der Waals surface area contributed by atoms with Gasteiger partial charge in [-0.1, -0.05) is 54.1 Å². The molecule has 1 fully saturated rings. The quantitative estimate of drug-likeness (QED) is 0.567. The zero-order valence-electron chi connectivity index (χ0n) is 18.9. The highest BCUT2D eigenvalue weighted by atomic mass is 19.4. The largest absolute Gasteiger partial charge is 0.393 e. The van der Waals surface area contributed by atoms with E-state index in [1.165, 1.54) is 4.80 Å². The summed E-state index contributed by atoms with van der Waals surface area (Å²) in [7, 11) is 0. The maximum absolute atomic E-state index is 13.0. The number of likely N-dealkylation sites (tertiary alicyclic amines) is 1. The third kappa shape index (κ3) is 6.40. The molecule has 1 unspecified atom stereocenters. The van der Waals surface area contributed by atoms with Crippen LogP contribution in [0.1, 0.15) is 29.5 Å². The number of piperidine rings is 1. The molecule has 1 amide bonds. The number of hydrogen-bond donors (Lipinski definition) is 1. The van der Waals surface area contributed by atoms with Crippen molar-refractivity contribution in [3.8, 4) is 11.4 Å². The zero-order valence-corrected chi connectivity index (χ0v) is 18.9.